The Labute approximate surface area is 89.7 Å². The van der Waals surface area contributed by atoms with Crippen molar-refractivity contribution in [3.63, 3.8) is 0 Å². The van der Waals surface area contributed by atoms with E-state index in [1.54, 1.807) is 0 Å². The highest BCUT2D eigenvalue weighted by atomic mass is 35.5. The summed E-state index contributed by atoms with van der Waals surface area (Å²) in [4.78, 5) is 0. The van der Waals surface area contributed by atoms with E-state index in [1.807, 2.05) is 24.3 Å². The van der Waals surface area contributed by atoms with Gasteiger partial charge in [-0.05, 0) is 30.4 Å². The lowest BCUT2D eigenvalue weighted by molar-refractivity contribution is 0.112. The Morgan fingerprint density at radius 3 is 2.50 bits per heavy atom. The van der Waals surface area contributed by atoms with E-state index in [2.05, 4.69) is 0 Å². The molecule has 2 rings (SSSR count). The smallest absolute Gasteiger partial charge is 0.0832 e. The van der Waals surface area contributed by atoms with Gasteiger partial charge in [0.1, 0.15) is 0 Å². The predicted octanol–water partition coefficient (Wildman–Crippen LogP) is 3.56. The zero-order chi connectivity index (χ0) is 9.97. The minimum absolute atomic E-state index is 0.369. The Kier molecular flexibility index (Phi) is 3.09. The summed E-state index contributed by atoms with van der Waals surface area (Å²) in [5.74, 6) is 0.412. The Balaban J connectivity index is 2.17. The van der Waals surface area contributed by atoms with Crippen molar-refractivity contribution >= 4 is 11.6 Å². The van der Waals surface area contributed by atoms with Gasteiger partial charge in [-0.25, -0.2) is 0 Å². The third-order valence-electron chi connectivity index (χ3n) is 3.07. The molecule has 1 atom stereocenters. The van der Waals surface area contributed by atoms with Crippen LogP contribution in [0.15, 0.2) is 24.3 Å². The zero-order valence-electron chi connectivity index (χ0n) is 8.12. The molecule has 2 heteroatoms. The molecule has 76 valence electrons. The van der Waals surface area contributed by atoms with Gasteiger partial charge in [0.2, 0.25) is 0 Å². The highest BCUT2D eigenvalue weighted by molar-refractivity contribution is 6.31. The summed E-state index contributed by atoms with van der Waals surface area (Å²) in [5, 5.41) is 10.8. The van der Waals surface area contributed by atoms with E-state index in [0.29, 0.717) is 10.9 Å². The first-order chi connectivity index (χ1) is 6.79. The van der Waals surface area contributed by atoms with Crippen LogP contribution >= 0.6 is 11.6 Å². The van der Waals surface area contributed by atoms with Crippen LogP contribution in [0.4, 0.5) is 0 Å². The van der Waals surface area contributed by atoms with Crippen LogP contribution in [0, 0.1) is 5.92 Å². The summed E-state index contributed by atoms with van der Waals surface area (Å²) in [6.45, 7) is 0. The summed E-state index contributed by atoms with van der Waals surface area (Å²) in [6, 6.07) is 7.59. The maximum atomic E-state index is 10.1. The number of halogens is 1. The third kappa shape index (κ3) is 1.94. The summed E-state index contributed by atoms with van der Waals surface area (Å²) < 4.78 is 0. The molecule has 0 heterocycles. The summed E-state index contributed by atoms with van der Waals surface area (Å²) in [6.07, 6.45) is 4.38. The van der Waals surface area contributed by atoms with Crippen LogP contribution in [0.2, 0.25) is 5.02 Å². The quantitative estimate of drug-likeness (QED) is 0.792. The van der Waals surface area contributed by atoms with E-state index in [1.165, 1.54) is 12.8 Å². The van der Waals surface area contributed by atoms with Gasteiger partial charge in [0.15, 0.2) is 0 Å². The van der Waals surface area contributed by atoms with E-state index in [-0.39, 0.29) is 6.10 Å². The molecule has 0 spiro atoms. The molecular weight excluding hydrogens is 196 g/mol. The number of rotatable bonds is 2. The van der Waals surface area contributed by atoms with Crippen LogP contribution in [0.1, 0.15) is 37.4 Å². The van der Waals surface area contributed by atoms with Gasteiger partial charge in [0.25, 0.3) is 0 Å². The van der Waals surface area contributed by atoms with Gasteiger partial charge in [0, 0.05) is 5.02 Å². The van der Waals surface area contributed by atoms with Crippen molar-refractivity contribution in [1.82, 2.24) is 0 Å². The van der Waals surface area contributed by atoms with Crippen LogP contribution in [0.25, 0.3) is 0 Å². The van der Waals surface area contributed by atoms with Gasteiger partial charge in [-0.2, -0.15) is 0 Å². The average Bonchev–Trinajstić information content (AvgIpc) is 2.70. The summed E-state index contributed by atoms with van der Waals surface area (Å²) in [7, 11) is 0. The molecule has 0 bridgehead atoms. The molecule has 1 unspecified atom stereocenters. The fourth-order valence-electron chi connectivity index (χ4n) is 2.24. The predicted molar refractivity (Wildman–Crippen MR) is 58.4 cm³/mol. The van der Waals surface area contributed by atoms with Gasteiger partial charge in [0.05, 0.1) is 6.10 Å². The fourth-order valence-corrected chi connectivity index (χ4v) is 2.49. The second-order valence-corrected chi connectivity index (χ2v) is 4.42. The van der Waals surface area contributed by atoms with E-state index in [0.717, 1.165) is 18.4 Å². The molecule has 1 N–H and O–H groups in total. The lowest BCUT2D eigenvalue weighted by Crippen LogP contribution is -2.09. The Hall–Kier alpha value is -0.530. The first-order valence-electron chi connectivity index (χ1n) is 5.21. The van der Waals surface area contributed by atoms with Crippen molar-refractivity contribution in [3.8, 4) is 0 Å². The second-order valence-electron chi connectivity index (χ2n) is 4.01. The molecule has 0 aromatic heterocycles. The van der Waals surface area contributed by atoms with E-state index in [9.17, 15) is 5.11 Å². The van der Waals surface area contributed by atoms with Crippen molar-refractivity contribution in [2.45, 2.75) is 31.8 Å². The van der Waals surface area contributed by atoms with Gasteiger partial charge < -0.3 is 5.11 Å². The van der Waals surface area contributed by atoms with E-state index >= 15 is 0 Å². The normalized spacial score (nSPS) is 19.9. The summed E-state index contributed by atoms with van der Waals surface area (Å²) in [5.41, 5.74) is 0.890. The highest BCUT2D eigenvalue weighted by Crippen LogP contribution is 2.37. The van der Waals surface area contributed by atoms with Crippen molar-refractivity contribution in [2.75, 3.05) is 0 Å². The number of hydrogen-bond acceptors (Lipinski definition) is 1. The van der Waals surface area contributed by atoms with E-state index in [4.69, 9.17) is 11.6 Å². The molecular formula is C12H15ClO. The molecule has 1 aliphatic carbocycles. The monoisotopic (exact) mass is 210 g/mol. The standard InChI is InChI=1S/C12H15ClO/c13-11-8-4-3-7-10(11)12(14)9-5-1-2-6-9/h3-4,7-9,12,14H,1-2,5-6H2. The Morgan fingerprint density at radius 2 is 1.86 bits per heavy atom. The average molecular weight is 211 g/mol. The molecule has 1 aromatic carbocycles. The fraction of sp³-hybridized carbons (Fsp3) is 0.500. The zero-order valence-corrected chi connectivity index (χ0v) is 8.87. The van der Waals surface area contributed by atoms with Crippen molar-refractivity contribution in [3.05, 3.63) is 34.9 Å². The lowest BCUT2D eigenvalue weighted by Gasteiger charge is -2.18. The largest absolute Gasteiger partial charge is 0.388 e. The molecule has 0 saturated heterocycles. The number of aliphatic hydroxyl groups excluding tert-OH is 1. The van der Waals surface area contributed by atoms with Gasteiger partial charge in [-0.3, -0.25) is 0 Å². The molecule has 0 radical (unpaired) electrons. The SMILES string of the molecule is OC(c1ccccc1Cl)C1CCCC1. The van der Waals surface area contributed by atoms with Crippen molar-refractivity contribution in [1.29, 1.82) is 0 Å². The van der Waals surface area contributed by atoms with Crippen LogP contribution in [0.5, 0.6) is 0 Å². The summed E-state index contributed by atoms with van der Waals surface area (Å²) >= 11 is 6.04. The molecule has 1 aliphatic rings. The minimum Gasteiger partial charge on any atom is -0.388 e. The first-order valence-corrected chi connectivity index (χ1v) is 5.59. The highest BCUT2D eigenvalue weighted by Gasteiger charge is 2.25. The molecule has 14 heavy (non-hydrogen) atoms. The van der Waals surface area contributed by atoms with Crippen molar-refractivity contribution < 1.29 is 5.11 Å². The molecule has 0 aliphatic heterocycles. The topological polar surface area (TPSA) is 20.2 Å². The molecule has 1 saturated carbocycles. The number of hydrogen-bond donors (Lipinski definition) is 1. The second kappa shape index (κ2) is 4.33. The first kappa shape index (κ1) is 10.0. The molecule has 1 aromatic rings. The van der Waals surface area contributed by atoms with Gasteiger partial charge in [-0.1, -0.05) is 42.6 Å². The van der Waals surface area contributed by atoms with Crippen LogP contribution in [-0.2, 0) is 0 Å². The maximum absolute atomic E-state index is 10.1. The Morgan fingerprint density at radius 1 is 1.21 bits per heavy atom. The number of benzene rings is 1. The van der Waals surface area contributed by atoms with Gasteiger partial charge >= 0.3 is 0 Å². The van der Waals surface area contributed by atoms with Crippen molar-refractivity contribution in [2.24, 2.45) is 5.92 Å². The third-order valence-corrected chi connectivity index (χ3v) is 3.41. The maximum Gasteiger partial charge on any atom is 0.0832 e. The molecule has 0 amide bonds. The van der Waals surface area contributed by atoms with Crippen LogP contribution in [0.3, 0.4) is 0 Å². The van der Waals surface area contributed by atoms with Gasteiger partial charge in [-0.15, -0.1) is 0 Å². The molecule has 1 fully saturated rings. The number of aliphatic hydroxyl groups is 1. The minimum atomic E-state index is -0.369. The Bertz CT molecular complexity index is 305. The lowest BCUT2D eigenvalue weighted by atomic mass is 9.94. The van der Waals surface area contributed by atoms with E-state index < -0.39 is 0 Å². The molecule has 1 nitrogen and oxygen atoms in total. The van der Waals surface area contributed by atoms with Crippen LogP contribution < -0.4 is 0 Å². The van der Waals surface area contributed by atoms with Crippen LogP contribution in [-0.4, -0.2) is 5.11 Å².